The summed E-state index contributed by atoms with van der Waals surface area (Å²) < 4.78 is 10.4. The maximum Gasteiger partial charge on any atom is 0.257 e. The minimum atomic E-state index is -0.495. The van der Waals surface area contributed by atoms with Crippen LogP contribution in [0.4, 0.5) is 5.00 Å². The third-order valence-electron chi connectivity index (χ3n) is 5.80. The Balaban J connectivity index is 1.79. The van der Waals surface area contributed by atoms with Crippen molar-refractivity contribution in [3.63, 3.8) is 0 Å². The largest absolute Gasteiger partial charge is 0.497 e. The zero-order valence-electron chi connectivity index (χ0n) is 19.0. The molecule has 9 heteroatoms. The monoisotopic (exact) mass is 475 g/mol. The number of hydrogen-bond donors (Lipinski definition) is 3. The molecule has 1 heterocycles. The highest BCUT2D eigenvalue weighted by molar-refractivity contribution is 7.80. The second kappa shape index (κ2) is 9.46. The van der Waals surface area contributed by atoms with E-state index in [9.17, 15) is 9.59 Å². The number of nitrogens with two attached hydrogens (primary N) is 1. The first-order valence-corrected chi connectivity index (χ1v) is 11.6. The molecule has 32 heavy (non-hydrogen) atoms. The molecular weight excluding hydrogens is 446 g/mol. The average Bonchev–Trinajstić information content (AvgIpc) is 3.09. The van der Waals surface area contributed by atoms with E-state index in [1.165, 1.54) is 25.6 Å². The first-order valence-electron chi connectivity index (χ1n) is 10.3. The fourth-order valence-electron chi connectivity index (χ4n) is 3.92. The standard InChI is InChI=1S/C23H29N3O4S2/c1-23(2,3)13-6-7-16-17(10-13)32-21(18(16)19(24)27)26-22(31)25-20(28)12-8-14(29-4)11-15(9-12)30-5/h8-9,11,13H,6-7,10H2,1-5H3,(H2,24,27)(H2,25,26,28,31)/t13-/m0/s1. The van der Waals surface area contributed by atoms with E-state index in [2.05, 4.69) is 31.4 Å². The van der Waals surface area contributed by atoms with Crippen LogP contribution in [-0.4, -0.2) is 31.1 Å². The van der Waals surface area contributed by atoms with E-state index in [1.807, 2.05) is 0 Å². The van der Waals surface area contributed by atoms with E-state index in [0.29, 0.717) is 33.5 Å². The predicted octanol–water partition coefficient (Wildman–Crippen LogP) is 4.14. The molecule has 0 saturated carbocycles. The molecule has 1 aromatic heterocycles. The number of carbonyl (C=O) groups is 2. The third kappa shape index (κ3) is 5.21. The summed E-state index contributed by atoms with van der Waals surface area (Å²) in [6.07, 6.45) is 2.70. The fraction of sp³-hybridized carbons (Fsp3) is 0.435. The second-order valence-electron chi connectivity index (χ2n) is 8.89. The van der Waals surface area contributed by atoms with Crippen molar-refractivity contribution in [2.45, 2.75) is 40.0 Å². The quantitative estimate of drug-likeness (QED) is 0.562. The molecular formula is C23H29N3O4S2. The Kier molecular flexibility index (Phi) is 7.09. The van der Waals surface area contributed by atoms with Gasteiger partial charge in [-0.25, -0.2) is 0 Å². The van der Waals surface area contributed by atoms with E-state index in [-0.39, 0.29) is 10.5 Å². The van der Waals surface area contributed by atoms with Gasteiger partial charge in [-0.15, -0.1) is 11.3 Å². The Labute approximate surface area is 197 Å². The summed E-state index contributed by atoms with van der Waals surface area (Å²) in [6, 6.07) is 4.85. The number of primary amides is 1. The van der Waals surface area contributed by atoms with Gasteiger partial charge in [-0.05, 0) is 60.5 Å². The molecule has 1 aliphatic carbocycles. The van der Waals surface area contributed by atoms with Gasteiger partial charge in [0.1, 0.15) is 16.5 Å². The van der Waals surface area contributed by atoms with Crippen molar-refractivity contribution in [2.24, 2.45) is 17.1 Å². The molecule has 0 bridgehead atoms. The number of nitrogens with one attached hydrogen (secondary N) is 2. The van der Waals surface area contributed by atoms with E-state index >= 15 is 0 Å². The Bertz CT molecular complexity index is 1030. The van der Waals surface area contributed by atoms with Crippen LogP contribution in [0.15, 0.2) is 18.2 Å². The zero-order valence-corrected chi connectivity index (χ0v) is 20.6. The van der Waals surface area contributed by atoms with Gasteiger partial charge >= 0.3 is 0 Å². The van der Waals surface area contributed by atoms with Crippen molar-refractivity contribution in [3.05, 3.63) is 39.8 Å². The SMILES string of the molecule is COc1cc(OC)cc(C(=O)NC(=S)Nc2sc3c(c2C(N)=O)CC[C@H](C(C)(C)C)C3)c1. The summed E-state index contributed by atoms with van der Waals surface area (Å²) in [5.74, 6) is 0.588. The minimum Gasteiger partial charge on any atom is -0.497 e. The molecule has 0 saturated heterocycles. The molecule has 0 unspecified atom stereocenters. The van der Waals surface area contributed by atoms with Gasteiger partial charge in [0.2, 0.25) is 0 Å². The van der Waals surface area contributed by atoms with Crippen molar-refractivity contribution in [2.75, 3.05) is 19.5 Å². The highest BCUT2D eigenvalue weighted by Crippen LogP contribution is 2.44. The van der Waals surface area contributed by atoms with Crippen molar-refractivity contribution in [1.82, 2.24) is 5.32 Å². The average molecular weight is 476 g/mol. The summed E-state index contributed by atoms with van der Waals surface area (Å²) in [5.41, 5.74) is 7.69. The molecule has 3 rings (SSSR count). The number of carbonyl (C=O) groups excluding carboxylic acids is 2. The van der Waals surface area contributed by atoms with Crippen LogP contribution in [0.2, 0.25) is 0 Å². The van der Waals surface area contributed by atoms with Gasteiger partial charge in [-0.2, -0.15) is 0 Å². The normalized spacial score (nSPS) is 15.5. The molecule has 0 fully saturated rings. The first kappa shape index (κ1) is 24.0. The number of thiophene rings is 1. The zero-order chi connectivity index (χ0) is 23.6. The molecule has 7 nitrogen and oxygen atoms in total. The van der Waals surface area contributed by atoms with Crippen LogP contribution >= 0.6 is 23.6 Å². The Morgan fingerprint density at radius 1 is 1.16 bits per heavy atom. The predicted molar refractivity (Wildman–Crippen MR) is 131 cm³/mol. The van der Waals surface area contributed by atoms with Gasteiger partial charge in [0.25, 0.3) is 11.8 Å². The number of fused-ring (bicyclic) bond motifs is 1. The van der Waals surface area contributed by atoms with Crippen molar-refractivity contribution in [1.29, 1.82) is 0 Å². The summed E-state index contributed by atoms with van der Waals surface area (Å²) in [5, 5.41) is 6.33. The first-order chi connectivity index (χ1) is 15.0. The fourth-order valence-corrected chi connectivity index (χ4v) is 5.52. The summed E-state index contributed by atoms with van der Waals surface area (Å²) in [6.45, 7) is 6.72. The Morgan fingerprint density at radius 3 is 2.31 bits per heavy atom. The number of thiocarbonyl (C=S) groups is 1. The topological polar surface area (TPSA) is 103 Å². The lowest BCUT2D eigenvalue weighted by molar-refractivity contribution is 0.0974. The molecule has 172 valence electrons. The van der Waals surface area contributed by atoms with Gasteiger partial charge in [0, 0.05) is 16.5 Å². The maximum atomic E-state index is 12.7. The lowest BCUT2D eigenvalue weighted by atomic mass is 9.72. The molecule has 1 aromatic carbocycles. The minimum absolute atomic E-state index is 0.0882. The molecule has 2 amide bonds. The van der Waals surface area contributed by atoms with Crippen LogP contribution in [-0.2, 0) is 12.8 Å². The number of methoxy groups -OCH3 is 2. The van der Waals surface area contributed by atoms with Crippen molar-refractivity contribution >= 4 is 45.5 Å². The number of anilines is 1. The Hall–Kier alpha value is -2.65. The maximum absolute atomic E-state index is 12.7. The number of hydrogen-bond acceptors (Lipinski definition) is 6. The summed E-state index contributed by atoms with van der Waals surface area (Å²) >= 11 is 6.84. The van der Waals surface area contributed by atoms with Gasteiger partial charge in [0.05, 0.1) is 19.8 Å². The van der Waals surface area contributed by atoms with E-state index < -0.39 is 11.8 Å². The van der Waals surface area contributed by atoms with Crippen LogP contribution in [0.3, 0.4) is 0 Å². The van der Waals surface area contributed by atoms with Crippen LogP contribution in [0.1, 0.15) is 58.3 Å². The smallest absolute Gasteiger partial charge is 0.257 e. The number of rotatable bonds is 5. The molecule has 2 aromatic rings. The lowest BCUT2D eigenvalue weighted by Gasteiger charge is -2.33. The highest BCUT2D eigenvalue weighted by Gasteiger charge is 2.33. The van der Waals surface area contributed by atoms with Crippen LogP contribution in [0, 0.1) is 11.3 Å². The second-order valence-corrected chi connectivity index (χ2v) is 10.4. The van der Waals surface area contributed by atoms with Crippen LogP contribution < -0.4 is 25.8 Å². The molecule has 1 atom stereocenters. The molecule has 0 radical (unpaired) electrons. The number of benzene rings is 1. The number of ether oxygens (including phenoxy) is 2. The Morgan fingerprint density at radius 2 is 1.78 bits per heavy atom. The highest BCUT2D eigenvalue weighted by atomic mass is 32.1. The van der Waals surface area contributed by atoms with Gasteiger partial charge in [0.15, 0.2) is 5.11 Å². The van der Waals surface area contributed by atoms with E-state index in [0.717, 1.165) is 29.7 Å². The molecule has 1 aliphatic rings. The van der Waals surface area contributed by atoms with Crippen LogP contribution in [0.25, 0.3) is 0 Å². The van der Waals surface area contributed by atoms with Crippen molar-refractivity contribution in [3.8, 4) is 11.5 Å². The van der Waals surface area contributed by atoms with Gasteiger partial charge in [-0.1, -0.05) is 20.8 Å². The third-order valence-corrected chi connectivity index (χ3v) is 7.18. The molecule has 0 spiro atoms. The summed E-state index contributed by atoms with van der Waals surface area (Å²) in [7, 11) is 3.02. The summed E-state index contributed by atoms with van der Waals surface area (Å²) in [4.78, 5) is 26.1. The van der Waals surface area contributed by atoms with Gasteiger partial charge in [-0.3, -0.25) is 14.9 Å². The van der Waals surface area contributed by atoms with Crippen molar-refractivity contribution < 1.29 is 19.1 Å². The van der Waals surface area contributed by atoms with E-state index in [1.54, 1.807) is 18.2 Å². The van der Waals surface area contributed by atoms with Crippen LogP contribution in [0.5, 0.6) is 11.5 Å². The number of amides is 2. The lowest BCUT2D eigenvalue weighted by Crippen LogP contribution is -2.34. The van der Waals surface area contributed by atoms with Gasteiger partial charge < -0.3 is 20.5 Å². The molecule has 4 N–H and O–H groups in total. The molecule has 0 aliphatic heterocycles. The van der Waals surface area contributed by atoms with E-state index in [4.69, 9.17) is 27.4 Å².